The lowest BCUT2D eigenvalue weighted by Crippen LogP contribution is -2.32. The number of sulfone groups is 1. The summed E-state index contributed by atoms with van der Waals surface area (Å²) in [7, 11) is -3.45. The number of nitrogens with zero attached hydrogens (tertiary/aromatic N) is 3. The minimum absolute atomic E-state index is 0.0334. The maximum absolute atomic E-state index is 12.3. The smallest absolute Gasteiger partial charge is 0.233 e. The Morgan fingerprint density at radius 3 is 2.65 bits per heavy atom. The highest BCUT2D eigenvalue weighted by atomic mass is 32.2. The maximum atomic E-state index is 12.3. The van der Waals surface area contributed by atoms with Crippen molar-refractivity contribution in [2.24, 2.45) is 0 Å². The van der Waals surface area contributed by atoms with Crippen molar-refractivity contribution in [3.05, 3.63) is 48.2 Å². The lowest BCUT2D eigenvalue weighted by atomic mass is 10.3. The second-order valence-corrected chi connectivity index (χ2v) is 8.37. The molecule has 1 aromatic carbocycles. The molecular weight excluding hydrogens is 354 g/mol. The van der Waals surface area contributed by atoms with E-state index in [4.69, 9.17) is 4.74 Å². The Labute approximate surface area is 152 Å². The van der Waals surface area contributed by atoms with E-state index in [0.29, 0.717) is 25.4 Å². The zero-order chi connectivity index (χ0) is 18.6. The number of hydrogen-bond acceptors (Lipinski definition) is 6. The Morgan fingerprint density at radius 1 is 1.19 bits per heavy atom. The van der Waals surface area contributed by atoms with E-state index in [1.165, 1.54) is 0 Å². The van der Waals surface area contributed by atoms with Crippen molar-refractivity contribution >= 4 is 15.7 Å². The maximum Gasteiger partial charge on any atom is 0.233 e. The number of ether oxygens (including phenoxy) is 1. The van der Waals surface area contributed by atoms with Crippen LogP contribution in [0, 0.1) is 6.92 Å². The standard InChI is InChI=1S/C18H21N3O4S/c1-14-7-8-17(20-19-14)25-15-9-11-21(13-15)18(22)10-12-26(23,24)16-5-3-2-4-6-16/h2-8,15H,9-13H2,1H3. The average Bonchev–Trinajstić information content (AvgIpc) is 3.11. The summed E-state index contributed by atoms with van der Waals surface area (Å²) in [6.45, 7) is 2.82. The molecule has 1 unspecified atom stereocenters. The zero-order valence-electron chi connectivity index (χ0n) is 14.5. The van der Waals surface area contributed by atoms with E-state index in [0.717, 1.165) is 5.69 Å². The van der Waals surface area contributed by atoms with Crippen molar-refractivity contribution in [1.29, 1.82) is 0 Å². The SMILES string of the molecule is Cc1ccc(OC2CCN(C(=O)CCS(=O)(=O)c3ccccc3)C2)nn1. The van der Waals surface area contributed by atoms with Gasteiger partial charge in [-0.25, -0.2) is 8.42 Å². The molecule has 0 saturated carbocycles. The van der Waals surface area contributed by atoms with E-state index in [1.807, 2.05) is 13.0 Å². The third-order valence-electron chi connectivity index (χ3n) is 4.25. The molecule has 3 rings (SSSR count). The highest BCUT2D eigenvalue weighted by Crippen LogP contribution is 2.18. The van der Waals surface area contributed by atoms with Crippen LogP contribution in [0.2, 0.25) is 0 Å². The summed E-state index contributed by atoms with van der Waals surface area (Å²) < 4.78 is 30.3. The second-order valence-electron chi connectivity index (χ2n) is 6.26. The van der Waals surface area contributed by atoms with E-state index in [2.05, 4.69) is 10.2 Å². The van der Waals surface area contributed by atoms with Gasteiger partial charge < -0.3 is 9.64 Å². The molecule has 1 atom stereocenters. The van der Waals surface area contributed by atoms with Gasteiger partial charge in [0.2, 0.25) is 11.8 Å². The molecule has 0 N–H and O–H groups in total. The van der Waals surface area contributed by atoms with Gasteiger partial charge in [0.25, 0.3) is 0 Å². The summed E-state index contributed by atoms with van der Waals surface area (Å²) >= 11 is 0. The number of benzene rings is 1. The van der Waals surface area contributed by atoms with E-state index < -0.39 is 9.84 Å². The fourth-order valence-corrected chi connectivity index (χ4v) is 4.05. The first-order valence-electron chi connectivity index (χ1n) is 8.46. The van der Waals surface area contributed by atoms with Crippen molar-refractivity contribution in [3.63, 3.8) is 0 Å². The number of aromatic nitrogens is 2. The van der Waals surface area contributed by atoms with Crippen molar-refractivity contribution in [2.75, 3.05) is 18.8 Å². The summed E-state index contributed by atoms with van der Waals surface area (Å²) in [4.78, 5) is 14.2. The summed E-state index contributed by atoms with van der Waals surface area (Å²) in [5.41, 5.74) is 0.806. The molecule has 0 spiro atoms. The number of likely N-dealkylation sites (tertiary alicyclic amines) is 1. The molecule has 1 saturated heterocycles. The van der Waals surface area contributed by atoms with E-state index in [-0.39, 0.29) is 29.1 Å². The lowest BCUT2D eigenvalue weighted by Gasteiger charge is -2.17. The topological polar surface area (TPSA) is 89.5 Å². The normalized spacial score (nSPS) is 17.3. The van der Waals surface area contributed by atoms with E-state index in [9.17, 15) is 13.2 Å². The molecule has 7 nitrogen and oxygen atoms in total. The molecular formula is C18H21N3O4S. The Balaban J connectivity index is 1.51. The fourth-order valence-electron chi connectivity index (χ4n) is 2.80. The van der Waals surface area contributed by atoms with Crippen LogP contribution in [0.3, 0.4) is 0 Å². The molecule has 8 heteroatoms. The summed E-state index contributed by atoms with van der Waals surface area (Å²) in [6.07, 6.45) is 0.503. The van der Waals surface area contributed by atoms with Gasteiger partial charge in [-0.2, -0.15) is 5.10 Å². The number of carbonyl (C=O) groups excluding carboxylic acids is 1. The van der Waals surface area contributed by atoms with Crippen LogP contribution >= 0.6 is 0 Å². The molecule has 26 heavy (non-hydrogen) atoms. The van der Waals surface area contributed by atoms with Crippen molar-refractivity contribution in [3.8, 4) is 5.88 Å². The molecule has 1 fully saturated rings. The van der Waals surface area contributed by atoms with Crippen LogP contribution in [-0.4, -0.2) is 54.4 Å². The van der Waals surface area contributed by atoms with Crippen molar-refractivity contribution in [1.82, 2.24) is 15.1 Å². The average molecular weight is 375 g/mol. The largest absolute Gasteiger partial charge is 0.471 e. The first-order valence-corrected chi connectivity index (χ1v) is 10.1. The van der Waals surface area contributed by atoms with Crippen molar-refractivity contribution in [2.45, 2.75) is 30.8 Å². The molecule has 0 bridgehead atoms. The third kappa shape index (κ3) is 4.57. The highest BCUT2D eigenvalue weighted by molar-refractivity contribution is 7.91. The monoisotopic (exact) mass is 375 g/mol. The van der Waals surface area contributed by atoms with Gasteiger partial charge in [0.15, 0.2) is 9.84 Å². The Kier molecular flexibility index (Phi) is 5.51. The lowest BCUT2D eigenvalue weighted by molar-refractivity contribution is -0.130. The van der Waals surface area contributed by atoms with Crippen LogP contribution in [-0.2, 0) is 14.6 Å². The van der Waals surface area contributed by atoms with Gasteiger partial charge in [0.05, 0.1) is 22.9 Å². The zero-order valence-corrected chi connectivity index (χ0v) is 15.4. The number of rotatable bonds is 6. The van der Waals surface area contributed by atoms with Gasteiger partial charge in [-0.1, -0.05) is 18.2 Å². The highest BCUT2D eigenvalue weighted by Gasteiger charge is 2.28. The predicted molar refractivity (Wildman–Crippen MR) is 95.5 cm³/mol. The molecule has 2 heterocycles. The molecule has 0 aliphatic carbocycles. The molecule has 0 radical (unpaired) electrons. The molecule has 2 aromatic rings. The Bertz CT molecular complexity index is 854. The first-order chi connectivity index (χ1) is 12.4. The molecule has 1 aliphatic heterocycles. The minimum atomic E-state index is -3.45. The van der Waals surface area contributed by atoms with Crippen molar-refractivity contribution < 1.29 is 17.9 Å². The van der Waals surface area contributed by atoms with E-state index >= 15 is 0 Å². The first kappa shape index (κ1) is 18.3. The second kappa shape index (κ2) is 7.82. The van der Waals surface area contributed by atoms with Gasteiger partial charge in [-0.15, -0.1) is 5.10 Å². The molecule has 1 aromatic heterocycles. The molecule has 138 valence electrons. The minimum Gasteiger partial charge on any atom is -0.471 e. The van der Waals surface area contributed by atoms with Gasteiger partial charge in [-0.3, -0.25) is 4.79 Å². The van der Waals surface area contributed by atoms with Crippen LogP contribution in [0.5, 0.6) is 5.88 Å². The quantitative estimate of drug-likeness (QED) is 0.762. The Hall–Kier alpha value is -2.48. The van der Waals surface area contributed by atoms with Gasteiger partial charge in [-0.05, 0) is 25.1 Å². The van der Waals surface area contributed by atoms with Gasteiger partial charge >= 0.3 is 0 Å². The van der Waals surface area contributed by atoms with Crippen LogP contribution in [0.1, 0.15) is 18.5 Å². The van der Waals surface area contributed by atoms with Gasteiger partial charge in [0.1, 0.15) is 6.10 Å². The van der Waals surface area contributed by atoms with Crippen LogP contribution in [0.25, 0.3) is 0 Å². The number of aryl methyl sites for hydroxylation is 1. The molecule has 1 aliphatic rings. The number of hydrogen-bond donors (Lipinski definition) is 0. The number of carbonyl (C=O) groups is 1. The summed E-state index contributed by atoms with van der Waals surface area (Å²) in [6, 6.07) is 11.8. The van der Waals surface area contributed by atoms with Crippen LogP contribution in [0.4, 0.5) is 0 Å². The predicted octanol–water partition coefficient (Wildman–Crippen LogP) is 1.63. The van der Waals surface area contributed by atoms with Gasteiger partial charge in [0, 0.05) is 25.5 Å². The molecule has 1 amide bonds. The summed E-state index contributed by atoms with van der Waals surface area (Å²) in [5, 5.41) is 7.90. The van der Waals surface area contributed by atoms with Crippen LogP contribution < -0.4 is 4.74 Å². The van der Waals surface area contributed by atoms with E-state index in [1.54, 1.807) is 41.3 Å². The fraction of sp³-hybridized carbons (Fsp3) is 0.389. The summed E-state index contributed by atoms with van der Waals surface area (Å²) in [5.74, 6) is 0.0635. The Morgan fingerprint density at radius 2 is 1.96 bits per heavy atom. The third-order valence-corrected chi connectivity index (χ3v) is 5.98. The van der Waals surface area contributed by atoms with Crippen LogP contribution in [0.15, 0.2) is 47.4 Å². The number of amides is 1.